The summed E-state index contributed by atoms with van der Waals surface area (Å²) in [4.78, 5) is 25.6. The van der Waals surface area contributed by atoms with Crippen LogP contribution in [-0.2, 0) is 4.79 Å². The average molecular weight is 397 g/mol. The van der Waals surface area contributed by atoms with E-state index >= 15 is 0 Å². The molecule has 1 amide bonds. The van der Waals surface area contributed by atoms with Gasteiger partial charge in [0.25, 0.3) is 0 Å². The number of aryl methyl sites for hydroxylation is 1. The molecular formula is C22H28N4OS. The van der Waals surface area contributed by atoms with Crippen molar-refractivity contribution in [1.29, 1.82) is 0 Å². The molecule has 5 nitrogen and oxygen atoms in total. The molecule has 3 aromatic rings. The van der Waals surface area contributed by atoms with Gasteiger partial charge in [0.1, 0.15) is 17.0 Å². The highest BCUT2D eigenvalue weighted by molar-refractivity contribution is 7.19. The van der Waals surface area contributed by atoms with Crippen LogP contribution in [0, 0.1) is 6.92 Å². The van der Waals surface area contributed by atoms with Crippen LogP contribution in [0.4, 0.5) is 5.82 Å². The molecule has 0 aliphatic heterocycles. The number of nitrogens with zero attached hydrogens (tertiary/aromatic N) is 3. The summed E-state index contributed by atoms with van der Waals surface area (Å²) >= 11 is 1.68. The largest absolute Gasteiger partial charge is 0.369 e. The van der Waals surface area contributed by atoms with E-state index < -0.39 is 0 Å². The lowest BCUT2D eigenvalue weighted by molar-refractivity contribution is -0.131. The summed E-state index contributed by atoms with van der Waals surface area (Å²) in [6.45, 7) is 8.55. The van der Waals surface area contributed by atoms with Crippen molar-refractivity contribution in [3.8, 4) is 11.1 Å². The molecule has 6 heteroatoms. The number of hydrogen-bond acceptors (Lipinski definition) is 5. The quantitative estimate of drug-likeness (QED) is 0.545. The molecule has 0 aliphatic rings. The fourth-order valence-corrected chi connectivity index (χ4v) is 4.49. The average Bonchev–Trinajstić information content (AvgIpc) is 3.05. The van der Waals surface area contributed by atoms with Crippen molar-refractivity contribution in [2.75, 3.05) is 25.0 Å². The van der Waals surface area contributed by atoms with E-state index in [4.69, 9.17) is 0 Å². The lowest BCUT2D eigenvalue weighted by Crippen LogP contribution is -2.33. The van der Waals surface area contributed by atoms with Crippen LogP contribution in [0.15, 0.2) is 36.7 Å². The summed E-state index contributed by atoms with van der Waals surface area (Å²) in [6.07, 6.45) is 4.04. The van der Waals surface area contributed by atoms with Crippen LogP contribution in [0.3, 0.4) is 0 Å². The third-order valence-corrected chi connectivity index (χ3v) is 5.71. The van der Waals surface area contributed by atoms with Crippen LogP contribution >= 0.6 is 11.3 Å². The number of hydrogen-bond donors (Lipinski definition) is 1. The third kappa shape index (κ3) is 4.50. The predicted molar refractivity (Wildman–Crippen MR) is 118 cm³/mol. The summed E-state index contributed by atoms with van der Waals surface area (Å²) in [5.41, 5.74) is 2.34. The van der Waals surface area contributed by atoms with Crippen molar-refractivity contribution < 1.29 is 4.79 Å². The number of amides is 1. The van der Waals surface area contributed by atoms with Gasteiger partial charge in [-0.1, -0.05) is 44.2 Å². The Morgan fingerprint density at radius 1 is 1.11 bits per heavy atom. The van der Waals surface area contributed by atoms with Crippen molar-refractivity contribution >= 4 is 33.3 Å². The topological polar surface area (TPSA) is 58.1 Å². The van der Waals surface area contributed by atoms with E-state index in [1.54, 1.807) is 17.7 Å². The van der Waals surface area contributed by atoms with Crippen LogP contribution in [0.5, 0.6) is 0 Å². The molecule has 3 rings (SSSR count). The van der Waals surface area contributed by atoms with E-state index in [1.165, 1.54) is 10.4 Å². The van der Waals surface area contributed by atoms with Crippen molar-refractivity contribution in [3.05, 3.63) is 41.5 Å². The third-order valence-electron chi connectivity index (χ3n) is 4.70. The number of aromatic nitrogens is 2. The number of rotatable bonds is 9. The molecule has 0 unspecified atom stereocenters. The van der Waals surface area contributed by atoms with Gasteiger partial charge < -0.3 is 10.2 Å². The fraction of sp³-hybridized carbons (Fsp3) is 0.409. The first-order chi connectivity index (χ1) is 13.7. The van der Waals surface area contributed by atoms with Crippen molar-refractivity contribution in [1.82, 2.24) is 14.9 Å². The number of anilines is 1. The SMILES string of the molecule is CCCN(CCC)C(=O)CCNc1ncnc2sc(C)c(-c3ccccc3)c12. The normalized spacial score (nSPS) is 11.0. The van der Waals surface area contributed by atoms with E-state index in [1.807, 2.05) is 23.1 Å². The molecule has 1 aromatic carbocycles. The summed E-state index contributed by atoms with van der Waals surface area (Å²) in [7, 11) is 0. The van der Waals surface area contributed by atoms with Crippen LogP contribution in [-0.4, -0.2) is 40.4 Å². The van der Waals surface area contributed by atoms with E-state index in [-0.39, 0.29) is 5.91 Å². The first-order valence-electron chi connectivity index (χ1n) is 9.96. The van der Waals surface area contributed by atoms with E-state index in [9.17, 15) is 4.79 Å². The molecule has 0 radical (unpaired) electrons. The highest BCUT2D eigenvalue weighted by Gasteiger charge is 2.17. The number of benzene rings is 1. The zero-order valence-electron chi connectivity index (χ0n) is 16.9. The highest BCUT2D eigenvalue weighted by Crippen LogP contribution is 2.40. The Labute approximate surface area is 170 Å². The molecule has 148 valence electrons. The monoisotopic (exact) mass is 396 g/mol. The minimum Gasteiger partial charge on any atom is -0.369 e. The van der Waals surface area contributed by atoms with Gasteiger partial charge in [0.15, 0.2) is 0 Å². The van der Waals surface area contributed by atoms with Gasteiger partial charge in [-0.25, -0.2) is 9.97 Å². The Balaban J connectivity index is 1.80. The van der Waals surface area contributed by atoms with Gasteiger partial charge in [-0.05, 0) is 25.3 Å². The molecule has 1 N–H and O–H groups in total. The van der Waals surface area contributed by atoms with Gasteiger partial charge in [-0.3, -0.25) is 4.79 Å². The van der Waals surface area contributed by atoms with Crippen LogP contribution in [0.25, 0.3) is 21.3 Å². The first-order valence-corrected chi connectivity index (χ1v) is 10.8. The van der Waals surface area contributed by atoms with E-state index in [2.05, 4.69) is 48.2 Å². The summed E-state index contributed by atoms with van der Waals surface area (Å²) in [6, 6.07) is 10.3. The van der Waals surface area contributed by atoms with Gasteiger partial charge in [0.2, 0.25) is 5.91 Å². The maximum atomic E-state index is 12.5. The lowest BCUT2D eigenvalue weighted by Gasteiger charge is -2.21. The van der Waals surface area contributed by atoms with E-state index in [0.29, 0.717) is 13.0 Å². The Hall–Kier alpha value is -2.47. The fourth-order valence-electron chi connectivity index (χ4n) is 3.48. The Morgan fingerprint density at radius 2 is 1.82 bits per heavy atom. The van der Waals surface area contributed by atoms with Gasteiger partial charge in [0, 0.05) is 36.5 Å². The van der Waals surface area contributed by atoms with Crippen LogP contribution in [0.2, 0.25) is 0 Å². The van der Waals surface area contributed by atoms with Gasteiger partial charge >= 0.3 is 0 Å². The standard InChI is InChI=1S/C22H28N4OS/c1-4-13-26(14-5-2)18(27)11-12-23-21-20-19(17-9-7-6-8-10-17)16(3)28-22(20)25-15-24-21/h6-10,15H,4-5,11-14H2,1-3H3,(H,23,24,25). The van der Waals surface area contributed by atoms with Gasteiger partial charge in [-0.15, -0.1) is 11.3 Å². The molecular weight excluding hydrogens is 368 g/mol. The van der Waals surface area contributed by atoms with Crippen molar-refractivity contribution in [2.24, 2.45) is 0 Å². The molecule has 0 aliphatic carbocycles. The molecule has 0 atom stereocenters. The zero-order valence-corrected chi connectivity index (χ0v) is 17.7. The number of carbonyl (C=O) groups excluding carboxylic acids is 1. The second-order valence-corrected chi connectivity index (χ2v) is 8.06. The van der Waals surface area contributed by atoms with Crippen LogP contribution in [0.1, 0.15) is 38.0 Å². The Kier molecular flexibility index (Phi) is 6.98. The lowest BCUT2D eigenvalue weighted by atomic mass is 10.0. The molecule has 0 saturated carbocycles. The molecule has 28 heavy (non-hydrogen) atoms. The Morgan fingerprint density at radius 3 is 2.50 bits per heavy atom. The summed E-state index contributed by atoms with van der Waals surface area (Å²) in [5, 5.41) is 4.43. The molecule has 2 heterocycles. The molecule has 0 fully saturated rings. The second kappa shape index (κ2) is 9.64. The number of carbonyl (C=O) groups is 1. The maximum absolute atomic E-state index is 12.5. The zero-order chi connectivity index (χ0) is 19.9. The first kappa shape index (κ1) is 20.3. The highest BCUT2D eigenvalue weighted by atomic mass is 32.1. The number of nitrogens with one attached hydrogen (secondary N) is 1. The number of thiophene rings is 1. The number of fused-ring (bicyclic) bond motifs is 1. The van der Waals surface area contributed by atoms with Gasteiger partial charge in [0.05, 0.1) is 5.39 Å². The minimum absolute atomic E-state index is 0.200. The maximum Gasteiger partial charge on any atom is 0.224 e. The molecule has 0 bridgehead atoms. The molecule has 2 aromatic heterocycles. The summed E-state index contributed by atoms with van der Waals surface area (Å²) in [5.74, 6) is 1.00. The summed E-state index contributed by atoms with van der Waals surface area (Å²) < 4.78 is 0. The van der Waals surface area contributed by atoms with Crippen molar-refractivity contribution in [3.63, 3.8) is 0 Å². The van der Waals surface area contributed by atoms with E-state index in [0.717, 1.165) is 47.5 Å². The smallest absolute Gasteiger partial charge is 0.224 e. The second-order valence-electron chi connectivity index (χ2n) is 6.86. The van der Waals surface area contributed by atoms with Crippen LogP contribution < -0.4 is 5.32 Å². The predicted octanol–water partition coefficient (Wildman–Crippen LogP) is 5.12. The molecule has 0 saturated heterocycles. The van der Waals surface area contributed by atoms with Gasteiger partial charge in [-0.2, -0.15) is 0 Å². The Bertz CT molecular complexity index is 917. The minimum atomic E-state index is 0.200. The van der Waals surface area contributed by atoms with Crippen molar-refractivity contribution in [2.45, 2.75) is 40.0 Å². The molecule has 0 spiro atoms.